The summed E-state index contributed by atoms with van der Waals surface area (Å²) in [6.07, 6.45) is 1.69. The smallest absolute Gasteiger partial charge is 0.185 e. The van der Waals surface area contributed by atoms with Gasteiger partial charge in [-0.25, -0.2) is 0 Å². The third-order valence-electron chi connectivity index (χ3n) is 1.83. The minimum absolute atomic E-state index is 0.232. The highest BCUT2D eigenvalue weighted by Gasteiger charge is 2.18. The second-order valence-electron chi connectivity index (χ2n) is 3.25. The van der Waals surface area contributed by atoms with E-state index in [2.05, 4.69) is 4.99 Å². The van der Waals surface area contributed by atoms with Gasteiger partial charge in [0.1, 0.15) is 6.10 Å². The summed E-state index contributed by atoms with van der Waals surface area (Å²) in [7, 11) is 0. The molecule has 3 N–H and O–H groups in total. The minimum atomic E-state index is -0.762. The van der Waals surface area contributed by atoms with Crippen LogP contribution < -0.4 is 5.73 Å². The number of aliphatic hydroxyl groups is 1. The molecule has 0 bridgehead atoms. The molecule has 0 amide bonds. The molecular weight excluding hydrogens is 208 g/mol. The standard InChI is InChI=1S/C11H22N2O3/c1-4-15-11(16-5-2)10(14)8-13-7-9(3)6-12/h6-7,10-11,14H,4-5,8,12H2,1-3H3. The average molecular weight is 230 g/mol. The van der Waals surface area contributed by atoms with Crippen molar-refractivity contribution >= 4 is 6.21 Å². The van der Waals surface area contributed by atoms with Gasteiger partial charge in [-0.15, -0.1) is 0 Å². The zero-order valence-corrected chi connectivity index (χ0v) is 10.2. The number of hydrogen-bond acceptors (Lipinski definition) is 5. The Bertz CT molecular complexity index is 223. The summed E-state index contributed by atoms with van der Waals surface area (Å²) >= 11 is 0. The molecule has 0 aliphatic rings. The number of rotatable bonds is 8. The number of hydrogen-bond donors (Lipinski definition) is 2. The Morgan fingerprint density at radius 3 is 2.38 bits per heavy atom. The van der Waals surface area contributed by atoms with Crippen molar-refractivity contribution < 1.29 is 14.6 Å². The van der Waals surface area contributed by atoms with Crippen LogP contribution in [0.15, 0.2) is 16.8 Å². The first kappa shape index (κ1) is 15.1. The Hall–Kier alpha value is -0.910. The molecule has 5 heteroatoms. The van der Waals surface area contributed by atoms with Crippen LogP contribution in [-0.4, -0.2) is 43.5 Å². The van der Waals surface area contributed by atoms with Gasteiger partial charge in [-0.2, -0.15) is 0 Å². The Morgan fingerprint density at radius 2 is 1.94 bits per heavy atom. The first-order valence-corrected chi connectivity index (χ1v) is 5.45. The number of aliphatic hydroxyl groups excluding tert-OH is 1. The Kier molecular flexibility index (Phi) is 8.80. The number of aliphatic imine (C=N–C) groups is 1. The SMILES string of the molecule is CCOC(OCC)C(O)CN=CC(C)=CN. The molecule has 0 aliphatic heterocycles. The van der Waals surface area contributed by atoms with Crippen molar-refractivity contribution in [1.82, 2.24) is 0 Å². The van der Waals surface area contributed by atoms with Crippen molar-refractivity contribution in [3.8, 4) is 0 Å². The van der Waals surface area contributed by atoms with Crippen molar-refractivity contribution in [2.45, 2.75) is 33.2 Å². The van der Waals surface area contributed by atoms with E-state index in [-0.39, 0.29) is 6.54 Å². The molecule has 0 aromatic carbocycles. The summed E-state index contributed by atoms with van der Waals surface area (Å²) in [5, 5.41) is 9.74. The molecule has 0 aliphatic carbocycles. The van der Waals surface area contributed by atoms with Gasteiger partial charge in [0.15, 0.2) is 6.29 Å². The molecule has 94 valence electrons. The summed E-state index contributed by atoms with van der Waals surface area (Å²) in [6.45, 7) is 6.75. The highest BCUT2D eigenvalue weighted by Crippen LogP contribution is 2.02. The normalized spacial score (nSPS) is 14.9. The van der Waals surface area contributed by atoms with Crippen molar-refractivity contribution in [2.24, 2.45) is 10.7 Å². The predicted molar refractivity (Wildman–Crippen MR) is 64.4 cm³/mol. The first-order valence-electron chi connectivity index (χ1n) is 5.45. The Balaban J connectivity index is 4.08. The van der Waals surface area contributed by atoms with Crippen LogP contribution in [0.1, 0.15) is 20.8 Å². The van der Waals surface area contributed by atoms with Crippen molar-refractivity contribution in [2.75, 3.05) is 19.8 Å². The summed E-state index contributed by atoms with van der Waals surface area (Å²) in [5.74, 6) is 0. The van der Waals surface area contributed by atoms with Crippen LogP contribution in [-0.2, 0) is 9.47 Å². The lowest BCUT2D eigenvalue weighted by Crippen LogP contribution is -2.34. The lowest BCUT2D eigenvalue weighted by Gasteiger charge is -2.21. The third-order valence-corrected chi connectivity index (χ3v) is 1.83. The van der Waals surface area contributed by atoms with Crippen LogP contribution in [0.5, 0.6) is 0 Å². The van der Waals surface area contributed by atoms with Gasteiger partial charge in [0.25, 0.3) is 0 Å². The maximum absolute atomic E-state index is 9.74. The third kappa shape index (κ3) is 6.55. The van der Waals surface area contributed by atoms with Crippen LogP contribution in [0, 0.1) is 0 Å². The van der Waals surface area contributed by atoms with Gasteiger partial charge >= 0.3 is 0 Å². The maximum atomic E-state index is 9.74. The fourth-order valence-corrected chi connectivity index (χ4v) is 1.03. The van der Waals surface area contributed by atoms with Gasteiger partial charge in [0.2, 0.25) is 0 Å². The summed E-state index contributed by atoms with van der Waals surface area (Å²) in [4.78, 5) is 4.04. The summed E-state index contributed by atoms with van der Waals surface area (Å²) in [6, 6.07) is 0. The molecule has 16 heavy (non-hydrogen) atoms. The molecule has 1 unspecified atom stereocenters. The number of nitrogens with two attached hydrogens (primary N) is 1. The lowest BCUT2D eigenvalue weighted by atomic mass is 10.3. The molecule has 0 spiro atoms. The topological polar surface area (TPSA) is 77.1 Å². The van der Waals surface area contributed by atoms with Crippen LogP contribution in [0.4, 0.5) is 0 Å². The maximum Gasteiger partial charge on any atom is 0.185 e. The van der Waals surface area contributed by atoms with E-state index in [1.165, 1.54) is 6.20 Å². The van der Waals surface area contributed by atoms with Crippen molar-refractivity contribution in [3.05, 3.63) is 11.8 Å². The van der Waals surface area contributed by atoms with Crippen LogP contribution in [0.3, 0.4) is 0 Å². The van der Waals surface area contributed by atoms with E-state index in [4.69, 9.17) is 15.2 Å². The van der Waals surface area contributed by atoms with Gasteiger partial charge in [-0.05, 0) is 32.5 Å². The summed E-state index contributed by atoms with van der Waals surface area (Å²) in [5.41, 5.74) is 6.12. The fraction of sp³-hybridized carbons (Fsp3) is 0.727. The van der Waals surface area contributed by atoms with Gasteiger partial charge in [0, 0.05) is 19.4 Å². The quantitative estimate of drug-likeness (QED) is 0.475. The van der Waals surface area contributed by atoms with E-state index in [9.17, 15) is 5.11 Å². The molecular formula is C11H22N2O3. The van der Waals surface area contributed by atoms with E-state index >= 15 is 0 Å². The van der Waals surface area contributed by atoms with E-state index < -0.39 is 12.4 Å². The van der Waals surface area contributed by atoms with E-state index in [1.54, 1.807) is 6.21 Å². The highest BCUT2D eigenvalue weighted by molar-refractivity contribution is 5.77. The lowest BCUT2D eigenvalue weighted by molar-refractivity contribution is -0.186. The second kappa shape index (κ2) is 9.33. The molecule has 0 aromatic heterocycles. The van der Waals surface area contributed by atoms with E-state index in [0.29, 0.717) is 13.2 Å². The van der Waals surface area contributed by atoms with Gasteiger partial charge in [-0.1, -0.05) is 0 Å². The number of ether oxygens (including phenoxy) is 2. The number of nitrogens with zero attached hydrogens (tertiary/aromatic N) is 1. The monoisotopic (exact) mass is 230 g/mol. The van der Waals surface area contributed by atoms with Crippen molar-refractivity contribution in [1.29, 1.82) is 0 Å². The van der Waals surface area contributed by atoms with Gasteiger partial charge < -0.3 is 20.3 Å². The molecule has 0 fully saturated rings. The molecule has 0 aromatic rings. The molecule has 0 saturated carbocycles. The fourth-order valence-electron chi connectivity index (χ4n) is 1.03. The molecule has 5 nitrogen and oxygen atoms in total. The number of allylic oxidation sites excluding steroid dienone is 1. The molecule has 0 radical (unpaired) electrons. The van der Waals surface area contributed by atoms with Crippen LogP contribution >= 0.6 is 0 Å². The van der Waals surface area contributed by atoms with Gasteiger partial charge in [-0.3, -0.25) is 4.99 Å². The Labute approximate surface area is 97.0 Å². The second-order valence-corrected chi connectivity index (χ2v) is 3.25. The Morgan fingerprint density at radius 1 is 1.38 bits per heavy atom. The molecule has 0 rings (SSSR count). The van der Waals surface area contributed by atoms with E-state index in [1.807, 2.05) is 20.8 Å². The minimum Gasteiger partial charge on any atom is -0.404 e. The van der Waals surface area contributed by atoms with Crippen LogP contribution in [0.2, 0.25) is 0 Å². The zero-order valence-electron chi connectivity index (χ0n) is 10.2. The molecule has 1 atom stereocenters. The molecule has 0 saturated heterocycles. The largest absolute Gasteiger partial charge is 0.404 e. The highest BCUT2D eigenvalue weighted by atomic mass is 16.7. The first-order chi connectivity index (χ1) is 7.65. The van der Waals surface area contributed by atoms with Gasteiger partial charge in [0.05, 0.1) is 6.54 Å². The van der Waals surface area contributed by atoms with E-state index in [0.717, 1.165) is 5.57 Å². The average Bonchev–Trinajstić information content (AvgIpc) is 2.28. The summed E-state index contributed by atoms with van der Waals surface area (Å²) < 4.78 is 10.5. The van der Waals surface area contributed by atoms with Crippen LogP contribution in [0.25, 0.3) is 0 Å². The zero-order chi connectivity index (χ0) is 12.4. The molecule has 0 heterocycles. The van der Waals surface area contributed by atoms with Crippen molar-refractivity contribution in [3.63, 3.8) is 0 Å². The predicted octanol–water partition coefficient (Wildman–Crippen LogP) is 0.680.